The lowest BCUT2D eigenvalue weighted by Gasteiger charge is -2.71. The van der Waals surface area contributed by atoms with E-state index in [4.69, 9.17) is 33.2 Å². The molecule has 7 fully saturated rings. The molecule has 20 nitrogen and oxygen atoms in total. The van der Waals surface area contributed by atoms with Crippen LogP contribution in [0.25, 0.3) is 0 Å². The van der Waals surface area contributed by atoms with E-state index in [-0.39, 0.29) is 35.1 Å². The fraction of sp³-hybridized carbons (Fsp3) is 0.896. The van der Waals surface area contributed by atoms with E-state index in [0.717, 1.165) is 18.4 Å². The highest BCUT2D eigenvalue weighted by Gasteiger charge is 2.71. The molecular formula is C48H74O20. The van der Waals surface area contributed by atoms with Crippen LogP contribution in [0.5, 0.6) is 0 Å². The smallest absolute Gasteiger partial charge is 0.335 e. The fourth-order valence-corrected chi connectivity index (χ4v) is 15.0. The van der Waals surface area contributed by atoms with Crippen molar-refractivity contribution in [2.24, 2.45) is 50.2 Å². The van der Waals surface area contributed by atoms with Crippen molar-refractivity contribution in [2.75, 3.05) is 20.3 Å². The summed E-state index contributed by atoms with van der Waals surface area (Å²) in [6, 6.07) is 0. The van der Waals surface area contributed by atoms with E-state index in [0.29, 0.717) is 44.9 Å². The zero-order valence-corrected chi connectivity index (χ0v) is 40.0. The molecule has 386 valence electrons. The molecule has 0 spiro atoms. The molecule has 20 heteroatoms. The molecule has 0 aromatic rings. The Labute approximate surface area is 395 Å². The van der Waals surface area contributed by atoms with Gasteiger partial charge >= 0.3 is 17.9 Å². The Bertz CT molecular complexity index is 1950. The van der Waals surface area contributed by atoms with E-state index in [2.05, 4.69) is 40.7 Å². The van der Waals surface area contributed by atoms with Crippen LogP contribution in [0, 0.1) is 50.2 Å². The van der Waals surface area contributed by atoms with Gasteiger partial charge in [-0.3, -0.25) is 9.59 Å². The Morgan fingerprint density at radius 3 is 2.04 bits per heavy atom. The van der Waals surface area contributed by atoms with Crippen molar-refractivity contribution in [3.05, 3.63) is 11.6 Å². The monoisotopic (exact) mass is 970 g/mol. The number of ether oxygens (including phenoxy) is 7. The number of hydrogen-bond acceptors (Lipinski definition) is 19. The number of esters is 2. The van der Waals surface area contributed by atoms with Crippen LogP contribution in [-0.2, 0) is 47.5 Å². The summed E-state index contributed by atoms with van der Waals surface area (Å²) in [6.45, 7) is 11.9. The number of methoxy groups -OCH3 is 1. The average molecular weight is 971 g/mol. The Hall–Kier alpha value is -2.41. The maximum Gasteiger partial charge on any atom is 0.335 e. The van der Waals surface area contributed by atoms with Gasteiger partial charge in [-0.25, -0.2) is 4.79 Å². The van der Waals surface area contributed by atoms with Crippen molar-refractivity contribution >= 4 is 17.9 Å². The van der Waals surface area contributed by atoms with E-state index in [1.165, 1.54) is 7.11 Å². The Morgan fingerprint density at radius 2 is 1.38 bits per heavy atom. The lowest BCUT2D eigenvalue weighted by atomic mass is 9.33. The highest BCUT2D eigenvalue weighted by atomic mass is 16.7. The Balaban J connectivity index is 1.05. The number of rotatable bonds is 9. The van der Waals surface area contributed by atoms with Gasteiger partial charge in [0.1, 0.15) is 61.0 Å². The van der Waals surface area contributed by atoms with Gasteiger partial charge in [-0.15, -0.1) is 0 Å². The number of carboxylic acids is 1. The van der Waals surface area contributed by atoms with Crippen LogP contribution in [-0.4, -0.2) is 181 Å². The third-order valence-corrected chi connectivity index (χ3v) is 19.3. The molecule has 4 saturated carbocycles. The molecule has 23 atom stereocenters. The van der Waals surface area contributed by atoms with E-state index in [1.54, 1.807) is 0 Å². The minimum atomic E-state index is -1.92. The average Bonchev–Trinajstić information content (AvgIpc) is 3.29. The summed E-state index contributed by atoms with van der Waals surface area (Å²) < 4.78 is 40.3. The van der Waals surface area contributed by atoms with Gasteiger partial charge in [0, 0.05) is 0 Å². The van der Waals surface area contributed by atoms with Gasteiger partial charge in [0.15, 0.2) is 18.7 Å². The number of aliphatic hydroxyl groups is 9. The van der Waals surface area contributed by atoms with Crippen LogP contribution in [0.15, 0.2) is 11.6 Å². The van der Waals surface area contributed by atoms with Crippen LogP contribution in [0.1, 0.15) is 106 Å². The van der Waals surface area contributed by atoms with Crippen molar-refractivity contribution in [3.63, 3.8) is 0 Å². The molecule has 0 bridgehead atoms. The predicted molar refractivity (Wildman–Crippen MR) is 231 cm³/mol. The summed E-state index contributed by atoms with van der Waals surface area (Å²) in [7, 11) is 1.35. The maximum absolute atomic E-state index is 14.8. The van der Waals surface area contributed by atoms with Crippen LogP contribution in [0.2, 0.25) is 0 Å². The first kappa shape index (κ1) is 51.9. The van der Waals surface area contributed by atoms with Crippen molar-refractivity contribution in [1.82, 2.24) is 0 Å². The number of carbonyl (C=O) groups is 3. The Kier molecular flexibility index (Phi) is 13.9. The predicted octanol–water partition coefficient (Wildman–Crippen LogP) is 0.0250. The number of hydrogen-bond donors (Lipinski definition) is 10. The van der Waals surface area contributed by atoms with Gasteiger partial charge in [-0.2, -0.15) is 0 Å². The molecule has 23 unspecified atom stereocenters. The lowest BCUT2D eigenvalue weighted by Crippen LogP contribution is -2.67. The van der Waals surface area contributed by atoms with E-state index < -0.39 is 145 Å². The molecule has 0 aromatic heterocycles. The summed E-state index contributed by atoms with van der Waals surface area (Å²) in [5, 5.41) is 105. The summed E-state index contributed by atoms with van der Waals surface area (Å²) in [4.78, 5) is 40.6. The summed E-state index contributed by atoms with van der Waals surface area (Å²) in [5.74, 6) is -2.82. The molecule has 8 aliphatic rings. The highest BCUT2D eigenvalue weighted by molar-refractivity contribution is 5.81. The standard InChI is InChI=1S/C48H74O20/c1-43(2)25-10-13-47(6)26(45(25,4)12-11-27(43)65-40-34(57)35(33(56)36(67-40)37(58)59)66-38-31(54)28(51)23(50)20-63-38)9-8-21-22-18-44(3,41(60)62-7)14-16-48(22,17-15-46(21,47)5)42(61)68-39-32(55)30(53)29(52)24(19-49)64-39/h8,22-36,38-40,49-57H,9-20H2,1-7H3,(H,58,59). The van der Waals surface area contributed by atoms with E-state index >= 15 is 0 Å². The molecular weight excluding hydrogens is 897 g/mol. The zero-order chi connectivity index (χ0) is 49.8. The number of allylic oxidation sites excluding steroid dienone is 2. The topological polar surface area (TPSA) is 318 Å². The number of aliphatic carboxylic acids is 1. The molecule has 0 aromatic carbocycles. The molecule has 5 aliphatic carbocycles. The number of aliphatic hydroxyl groups excluding tert-OH is 9. The van der Waals surface area contributed by atoms with Gasteiger partial charge in [0.2, 0.25) is 6.29 Å². The zero-order valence-electron chi connectivity index (χ0n) is 40.0. The van der Waals surface area contributed by atoms with Crippen molar-refractivity contribution < 1.29 is 98.6 Å². The second kappa shape index (κ2) is 18.3. The van der Waals surface area contributed by atoms with E-state index in [9.17, 15) is 65.4 Å². The third kappa shape index (κ3) is 7.90. The maximum atomic E-state index is 14.8. The minimum absolute atomic E-state index is 0.0613. The Morgan fingerprint density at radius 1 is 0.706 bits per heavy atom. The van der Waals surface area contributed by atoms with Gasteiger partial charge in [0.25, 0.3) is 0 Å². The molecule has 3 aliphatic heterocycles. The van der Waals surface area contributed by atoms with Crippen molar-refractivity contribution in [1.29, 1.82) is 0 Å². The van der Waals surface area contributed by atoms with Gasteiger partial charge in [0.05, 0.1) is 37.3 Å². The van der Waals surface area contributed by atoms with Crippen LogP contribution in [0.3, 0.4) is 0 Å². The van der Waals surface area contributed by atoms with Crippen molar-refractivity contribution in [3.8, 4) is 0 Å². The molecule has 8 rings (SSSR count). The van der Waals surface area contributed by atoms with E-state index in [1.807, 2.05) is 6.92 Å². The molecule has 10 N–H and O–H groups in total. The summed E-state index contributed by atoms with van der Waals surface area (Å²) in [5.41, 5.74) is -2.55. The number of fused-ring (bicyclic) bond motifs is 7. The number of carboxylic acid groups (broad SMARTS) is 1. The van der Waals surface area contributed by atoms with Crippen LogP contribution < -0.4 is 0 Å². The van der Waals surface area contributed by atoms with Crippen LogP contribution >= 0.6 is 0 Å². The molecule has 0 radical (unpaired) electrons. The van der Waals surface area contributed by atoms with Crippen molar-refractivity contribution in [2.45, 2.75) is 198 Å². The SMILES string of the molecule is COC(=O)C1(C)CCC2(C(=O)OC3OC(CO)C(O)C(O)C3O)CCC3(C)C(=CCC4C5(C)CCC(OC6OC(C(=O)O)C(O)C(OC7OCC(O)C(O)C7O)C6O)C(C)(C)C5CCC43C)C2C1. The quantitative estimate of drug-likeness (QED) is 0.0828. The largest absolute Gasteiger partial charge is 0.479 e. The third-order valence-electron chi connectivity index (χ3n) is 19.3. The van der Waals surface area contributed by atoms with Gasteiger partial charge in [-0.1, -0.05) is 46.3 Å². The summed E-state index contributed by atoms with van der Waals surface area (Å²) in [6.07, 6.45) is -16.3. The van der Waals surface area contributed by atoms with Gasteiger partial charge < -0.3 is 84.2 Å². The normalized spacial score (nSPS) is 52.2. The lowest BCUT2D eigenvalue weighted by molar-refractivity contribution is -0.357. The minimum Gasteiger partial charge on any atom is -0.479 e. The highest BCUT2D eigenvalue weighted by Crippen LogP contribution is 2.76. The number of carbonyl (C=O) groups excluding carboxylic acids is 2. The molecule has 68 heavy (non-hydrogen) atoms. The molecule has 0 amide bonds. The first-order chi connectivity index (χ1) is 31.8. The molecule has 3 saturated heterocycles. The fourth-order valence-electron chi connectivity index (χ4n) is 15.0. The van der Waals surface area contributed by atoms with Crippen LogP contribution in [0.4, 0.5) is 0 Å². The second-order valence-electron chi connectivity index (χ2n) is 22.9. The first-order valence-electron chi connectivity index (χ1n) is 24.3. The second-order valence-corrected chi connectivity index (χ2v) is 22.9. The first-order valence-corrected chi connectivity index (χ1v) is 24.3. The summed E-state index contributed by atoms with van der Waals surface area (Å²) >= 11 is 0. The molecule has 3 heterocycles. The van der Waals surface area contributed by atoms with Gasteiger partial charge in [-0.05, 0) is 111 Å².